The van der Waals surface area contributed by atoms with Gasteiger partial charge in [0.05, 0.1) is 0 Å². The van der Waals surface area contributed by atoms with Gasteiger partial charge in [-0.25, -0.2) is 0 Å². The topological polar surface area (TPSA) is 60.0 Å². The summed E-state index contributed by atoms with van der Waals surface area (Å²) in [6.45, 7) is 6.46. The van der Waals surface area contributed by atoms with Crippen LogP contribution in [0.2, 0.25) is 0 Å². The lowest BCUT2D eigenvalue weighted by Crippen LogP contribution is -2.25. The van der Waals surface area contributed by atoms with Crippen molar-refractivity contribution in [3.8, 4) is 12.4 Å². The average Bonchev–Trinajstić information content (AvgIpc) is 2.35. The van der Waals surface area contributed by atoms with Gasteiger partial charge in [-0.05, 0) is 24.7 Å². The molecule has 0 saturated carbocycles. The van der Waals surface area contributed by atoms with Gasteiger partial charge in [0.15, 0.2) is 20.7 Å². The van der Waals surface area contributed by atoms with E-state index < -0.39 is 8.30 Å². The number of nitrogens with zero attached hydrogens (tertiary/aromatic N) is 3. The third-order valence-electron chi connectivity index (χ3n) is 3.34. The Labute approximate surface area is 99.7 Å². The first-order valence-electron chi connectivity index (χ1n) is 5.54. The first-order chi connectivity index (χ1) is 7.62. The van der Waals surface area contributed by atoms with Crippen LogP contribution in [-0.2, 0) is 4.52 Å². The predicted octanol–water partition coefficient (Wildman–Crippen LogP) is 3.43. The third-order valence-corrected chi connectivity index (χ3v) is 5.33. The van der Waals surface area contributed by atoms with Crippen molar-refractivity contribution in [2.24, 2.45) is 5.41 Å². The van der Waals surface area contributed by atoms with E-state index in [0.717, 1.165) is 30.1 Å². The van der Waals surface area contributed by atoms with Crippen LogP contribution in [-0.4, -0.2) is 17.9 Å². The summed E-state index contributed by atoms with van der Waals surface area (Å²) in [5.41, 5.74) is 0.188. The molecule has 0 aliphatic carbocycles. The van der Waals surface area contributed by atoms with E-state index in [-0.39, 0.29) is 5.41 Å². The van der Waals surface area contributed by atoms with E-state index in [4.69, 9.17) is 15.0 Å². The standard InChI is InChI=1S/C11H20N3OP/c1-5-11(6-2,7-3)8-16(15-4)14(9-12)10-13/h5-8H2,1-4H3. The lowest BCUT2D eigenvalue weighted by molar-refractivity contribution is 0.280. The highest BCUT2D eigenvalue weighted by molar-refractivity contribution is 7.50. The molecule has 0 aromatic rings. The maximum Gasteiger partial charge on any atom is 0.199 e. The maximum absolute atomic E-state index is 8.83. The second-order valence-corrected chi connectivity index (χ2v) is 5.55. The zero-order valence-corrected chi connectivity index (χ0v) is 11.4. The Hall–Kier alpha value is -0.830. The van der Waals surface area contributed by atoms with Crippen LogP contribution in [0.5, 0.6) is 0 Å². The van der Waals surface area contributed by atoms with E-state index in [0.29, 0.717) is 0 Å². The summed E-state index contributed by atoms with van der Waals surface area (Å²) in [7, 11) is 0.452. The summed E-state index contributed by atoms with van der Waals surface area (Å²) >= 11 is 0. The van der Waals surface area contributed by atoms with Crippen molar-refractivity contribution in [3.05, 3.63) is 0 Å². The molecule has 0 aromatic heterocycles. The van der Waals surface area contributed by atoms with Crippen LogP contribution >= 0.6 is 8.30 Å². The van der Waals surface area contributed by atoms with Crippen molar-refractivity contribution in [3.63, 3.8) is 0 Å². The molecule has 0 heterocycles. The fourth-order valence-corrected chi connectivity index (χ4v) is 3.59. The Morgan fingerprint density at radius 2 is 1.56 bits per heavy atom. The molecule has 1 unspecified atom stereocenters. The largest absolute Gasteiger partial charge is 0.341 e. The van der Waals surface area contributed by atoms with E-state index in [2.05, 4.69) is 20.8 Å². The van der Waals surface area contributed by atoms with Gasteiger partial charge in [0.25, 0.3) is 0 Å². The van der Waals surface area contributed by atoms with Gasteiger partial charge in [0, 0.05) is 13.3 Å². The molecule has 0 N–H and O–H groups in total. The van der Waals surface area contributed by atoms with Crippen LogP contribution in [0.1, 0.15) is 40.0 Å². The van der Waals surface area contributed by atoms with Crippen molar-refractivity contribution in [1.29, 1.82) is 10.5 Å². The fraction of sp³-hybridized carbons (Fsp3) is 0.818. The fourth-order valence-electron chi connectivity index (χ4n) is 1.71. The van der Waals surface area contributed by atoms with E-state index in [1.807, 2.05) is 12.4 Å². The van der Waals surface area contributed by atoms with E-state index in [1.165, 1.54) is 0 Å². The van der Waals surface area contributed by atoms with Crippen LogP contribution in [0, 0.1) is 28.3 Å². The molecule has 1 atom stereocenters. The van der Waals surface area contributed by atoms with Crippen molar-refractivity contribution < 1.29 is 4.52 Å². The Morgan fingerprint density at radius 3 is 1.81 bits per heavy atom. The van der Waals surface area contributed by atoms with Gasteiger partial charge in [-0.15, -0.1) is 0 Å². The van der Waals surface area contributed by atoms with E-state index in [1.54, 1.807) is 7.11 Å². The Kier molecular flexibility index (Phi) is 7.06. The van der Waals surface area contributed by atoms with E-state index in [9.17, 15) is 0 Å². The quantitative estimate of drug-likeness (QED) is 0.389. The Morgan fingerprint density at radius 1 is 1.12 bits per heavy atom. The van der Waals surface area contributed by atoms with Gasteiger partial charge in [-0.1, -0.05) is 20.8 Å². The zero-order valence-electron chi connectivity index (χ0n) is 10.5. The average molecular weight is 241 g/mol. The minimum atomic E-state index is -1.12. The van der Waals surface area contributed by atoms with Crippen molar-refractivity contribution in [1.82, 2.24) is 4.67 Å². The van der Waals surface area contributed by atoms with Gasteiger partial charge in [0.1, 0.15) is 0 Å². The minimum Gasteiger partial charge on any atom is -0.341 e. The molecule has 90 valence electrons. The van der Waals surface area contributed by atoms with Crippen LogP contribution in [0.15, 0.2) is 0 Å². The molecule has 0 aliphatic rings. The number of rotatable bonds is 7. The Balaban J connectivity index is 4.76. The molecule has 0 bridgehead atoms. The highest BCUT2D eigenvalue weighted by Crippen LogP contribution is 2.48. The molecule has 5 heteroatoms. The molecule has 16 heavy (non-hydrogen) atoms. The van der Waals surface area contributed by atoms with Crippen molar-refractivity contribution in [2.45, 2.75) is 40.0 Å². The van der Waals surface area contributed by atoms with Crippen molar-refractivity contribution >= 4 is 8.30 Å². The molecule has 0 amide bonds. The molecule has 0 aromatic carbocycles. The van der Waals surface area contributed by atoms with Crippen LogP contribution in [0.25, 0.3) is 0 Å². The number of hydrogen-bond donors (Lipinski definition) is 0. The summed E-state index contributed by atoms with van der Waals surface area (Å²) in [4.78, 5) is 0. The molecule has 0 spiro atoms. The summed E-state index contributed by atoms with van der Waals surface area (Å²) < 4.78 is 6.39. The first-order valence-corrected chi connectivity index (χ1v) is 6.93. The molecular formula is C11H20N3OP. The molecule has 4 nitrogen and oxygen atoms in total. The number of hydrogen-bond acceptors (Lipinski definition) is 4. The van der Waals surface area contributed by atoms with E-state index >= 15 is 0 Å². The SMILES string of the molecule is CCC(CC)(CC)CP(OC)N(C#N)C#N. The monoisotopic (exact) mass is 241 g/mol. The van der Waals surface area contributed by atoms with Gasteiger partial charge >= 0.3 is 0 Å². The summed E-state index contributed by atoms with van der Waals surface area (Å²) in [5, 5.41) is 17.7. The summed E-state index contributed by atoms with van der Waals surface area (Å²) in [6, 6.07) is 0. The minimum absolute atomic E-state index is 0.188. The predicted molar refractivity (Wildman–Crippen MR) is 65.2 cm³/mol. The summed E-state index contributed by atoms with van der Waals surface area (Å²) in [5.74, 6) is 0. The molecule has 0 radical (unpaired) electrons. The third kappa shape index (κ3) is 3.63. The molecule has 0 fully saturated rings. The van der Waals surface area contributed by atoms with Gasteiger partial charge in [-0.2, -0.15) is 15.2 Å². The highest BCUT2D eigenvalue weighted by Gasteiger charge is 2.31. The second kappa shape index (κ2) is 7.44. The van der Waals surface area contributed by atoms with Gasteiger partial charge in [-0.3, -0.25) is 0 Å². The maximum atomic E-state index is 8.83. The normalized spacial score (nSPS) is 12.6. The Bertz CT molecular complexity index is 256. The van der Waals surface area contributed by atoms with Crippen LogP contribution < -0.4 is 0 Å². The van der Waals surface area contributed by atoms with Gasteiger partial charge in [0.2, 0.25) is 0 Å². The highest BCUT2D eigenvalue weighted by atomic mass is 31.2. The van der Waals surface area contributed by atoms with Crippen molar-refractivity contribution in [2.75, 3.05) is 13.3 Å². The second-order valence-electron chi connectivity index (χ2n) is 3.77. The lowest BCUT2D eigenvalue weighted by Gasteiger charge is -2.34. The molecular weight excluding hydrogens is 221 g/mol. The smallest absolute Gasteiger partial charge is 0.199 e. The molecule has 0 aliphatic heterocycles. The van der Waals surface area contributed by atoms with Crippen LogP contribution in [0.4, 0.5) is 0 Å². The number of nitriles is 2. The molecule has 0 rings (SSSR count). The molecule has 0 saturated heterocycles. The van der Waals surface area contributed by atoms with Gasteiger partial charge < -0.3 is 4.52 Å². The lowest BCUT2D eigenvalue weighted by atomic mass is 9.82. The summed E-state index contributed by atoms with van der Waals surface area (Å²) in [6.07, 6.45) is 7.67. The first kappa shape index (κ1) is 15.2. The zero-order chi connectivity index (χ0) is 12.6. The van der Waals surface area contributed by atoms with Crippen LogP contribution in [0.3, 0.4) is 0 Å².